The molecular weight excluding hydrogens is 875 g/mol. The number of carboxylic acid groups (broad SMARTS) is 4. The summed E-state index contributed by atoms with van der Waals surface area (Å²) in [6.45, 7) is -0.721. The molecule has 1 aromatic rings. The lowest BCUT2D eigenvalue weighted by Gasteiger charge is -2.35. The fourth-order valence-electron chi connectivity index (χ4n) is 7.46. The highest BCUT2D eigenvalue weighted by Gasteiger charge is 2.38. The van der Waals surface area contributed by atoms with Crippen LogP contribution in [0.25, 0.3) is 0 Å². The average molecular weight is 934 g/mol. The van der Waals surface area contributed by atoms with Crippen LogP contribution in [0, 0.1) is 0 Å². The molecule has 1 aromatic carbocycles. The third kappa shape index (κ3) is 17.6. The summed E-state index contributed by atoms with van der Waals surface area (Å²) in [4.78, 5) is 134. The second kappa shape index (κ2) is 26.9. The van der Waals surface area contributed by atoms with Gasteiger partial charge in [-0.05, 0) is 61.8 Å². The Hall–Kier alpha value is -5.79. The monoisotopic (exact) mass is 933 g/mol. The first-order chi connectivity index (χ1) is 30.8. The van der Waals surface area contributed by atoms with Gasteiger partial charge in [-0.1, -0.05) is 12.1 Å². The number of primary amides is 1. The molecule has 3 rings (SSSR count). The summed E-state index contributed by atoms with van der Waals surface area (Å²) in [5.41, 5.74) is 12.1. The first kappa shape index (κ1) is 53.5. The van der Waals surface area contributed by atoms with E-state index in [0.717, 1.165) is 17.1 Å². The first-order valence-electron chi connectivity index (χ1n) is 20.9. The fraction of sp³-hybridized carbons (Fsp3) is 0.561. The number of benzene rings is 1. The zero-order chi connectivity index (χ0) is 48.2. The smallest absolute Gasteiger partial charge is 0.326 e. The van der Waals surface area contributed by atoms with E-state index in [1.54, 1.807) is 31.9 Å². The van der Waals surface area contributed by atoms with E-state index in [1.165, 1.54) is 30.0 Å². The molecule has 1 fully saturated rings. The van der Waals surface area contributed by atoms with Crippen molar-refractivity contribution >= 4 is 71.1 Å². The number of nitrogens with two attached hydrogens (primary N) is 2. The standard InChI is InChI=1S/C41H59N9O14S/c1-65-20-10-29(40(62)50(34(53)23-42)30(41(63)64)7-2-3-11-49-32(51)8-9-33(49)52)44-39(61)28-6-4-5-27(21-28)22-31(38(43)60)48-18-16-46(25-36(56)57)14-12-45(24-35(54)55)13-15-47(17-19-48)26-37(58)59/h4-6,8-9,21,29-31H,2-3,7,10-20,22-26,42H2,1H3,(H2,43,60)(H,44,61)(H,54,55)(H,56,57)(H,58,59)(H,63,64)/t29-,30-,31?/m0/s1. The minimum Gasteiger partial charge on any atom is -0.480 e. The Bertz CT molecular complexity index is 1890. The summed E-state index contributed by atoms with van der Waals surface area (Å²) in [6, 6.07) is 1.97. The molecule has 6 amide bonds. The van der Waals surface area contributed by atoms with E-state index in [4.69, 9.17) is 11.5 Å². The van der Waals surface area contributed by atoms with Gasteiger partial charge in [-0.2, -0.15) is 11.8 Å². The van der Waals surface area contributed by atoms with E-state index < -0.39 is 84.0 Å². The summed E-state index contributed by atoms with van der Waals surface area (Å²) >= 11 is 1.33. The molecule has 0 bridgehead atoms. The molecule has 0 aromatic heterocycles. The van der Waals surface area contributed by atoms with E-state index in [2.05, 4.69) is 5.32 Å². The molecule has 0 saturated carbocycles. The van der Waals surface area contributed by atoms with Gasteiger partial charge < -0.3 is 37.2 Å². The van der Waals surface area contributed by atoms with Crippen molar-refractivity contribution in [2.24, 2.45) is 11.5 Å². The molecule has 9 N–H and O–H groups in total. The van der Waals surface area contributed by atoms with E-state index >= 15 is 0 Å². The van der Waals surface area contributed by atoms with Gasteiger partial charge in [0.25, 0.3) is 23.6 Å². The van der Waals surface area contributed by atoms with Gasteiger partial charge in [0.2, 0.25) is 11.8 Å². The van der Waals surface area contributed by atoms with Gasteiger partial charge in [-0.25, -0.2) is 4.79 Å². The number of hydrogen-bond acceptors (Lipinski definition) is 16. The van der Waals surface area contributed by atoms with Crippen LogP contribution in [-0.2, 0) is 49.6 Å². The van der Waals surface area contributed by atoms with Crippen molar-refractivity contribution in [3.05, 3.63) is 47.5 Å². The number of nitrogens with one attached hydrogen (secondary N) is 1. The molecule has 1 saturated heterocycles. The SMILES string of the molecule is CSCC[C@H](NC(=O)c1cccc(CC(C(N)=O)N2CCN(CC(=O)O)CCN(CC(=O)O)CCN(CC(=O)O)CC2)c1)C(=O)N(C(=O)CN)[C@@H](CCCCN1C(=O)C=CC1=O)C(=O)O. The zero-order valence-corrected chi connectivity index (χ0v) is 37.1. The first-order valence-corrected chi connectivity index (χ1v) is 22.3. The Kier molecular flexibility index (Phi) is 22.1. The number of unbranched alkanes of at least 4 members (excludes halogenated alkanes) is 1. The molecule has 2 heterocycles. The average Bonchev–Trinajstić information content (AvgIpc) is 3.56. The third-order valence-corrected chi connectivity index (χ3v) is 11.5. The second-order valence-corrected chi connectivity index (χ2v) is 16.5. The second-order valence-electron chi connectivity index (χ2n) is 15.5. The summed E-state index contributed by atoms with van der Waals surface area (Å²) < 4.78 is 0. The van der Waals surface area contributed by atoms with Crippen LogP contribution in [0.2, 0.25) is 0 Å². The van der Waals surface area contributed by atoms with Crippen molar-refractivity contribution in [1.29, 1.82) is 0 Å². The highest BCUT2D eigenvalue weighted by Crippen LogP contribution is 2.18. The summed E-state index contributed by atoms with van der Waals surface area (Å²) in [5, 5.41) is 41.5. The lowest BCUT2D eigenvalue weighted by atomic mass is 10.0. The lowest BCUT2D eigenvalue weighted by molar-refractivity contribution is -0.158. The van der Waals surface area contributed by atoms with Crippen LogP contribution >= 0.6 is 11.8 Å². The molecule has 1 unspecified atom stereocenters. The zero-order valence-electron chi connectivity index (χ0n) is 36.2. The Morgan fingerprint density at radius 1 is 0.769 bits per heavy atom. The number of carbonyl (C=O) groups excluding carboxylic acids is 6. The van der Waals surface area contributed by atoms with Crippen LogP contribution in [0.1, 0.15) is 41.6 Å². The largest absolute Gasteiger partial charge is 0.480 e. The summed E-state index contributed by atoms with van der Waals surface area (Å²) in [6.07, 6.45) is 3.96. The van der Waals surface area contributed by atoms with Crippen LogP contribution in [0.3, 0.4) is 0 Å². The van der Waals surface area contributed by atoms with Gasteiger partial charge in [0, 0.05) is 76.6 Å². The number of thioether (sulfide) groups is 1. The molecule has 0 spiro atoms. The maximum Gasteiger partial charge on any atom is 0.326 e. The highest BCUT2D eigenvalue weighted by atomic mass is 32.2. The van der Waals surface area contributed by atoms with Gasteiger partial charge in [0.05, 0.1) is 32.2 Å². The molecule has 23 nitrogen and oxygen atoms in total. The Morgan fingerprint density at radius 2 is 1.29 bits per heavy atom. The number of carbonyl (C=O) groups is 10. The quantitative estimate of drug-likeness (QED) is 0.0409. The number of nitrogens with zero attached hydrogens (tertiary/aromatic N) is 6. The van der Waals surface area contributed by atoms with Crippen molar-refractivity contribution in [3.63, 3.8) is 0 Å². The minimum atomic E-state index is -1.69. The molecule has 0 radical (unpaired) electrons. The molecule has 2 aliphatic heterocycles. The fourth-order valence-corrected chi connectivity index (χ4v) is 7.93. The van der Waals surface area contributed by atoms with Crippen molar-refractivity contribution in [1.82, 2.24) is 34.7 Å². The van der Waals surface area contributed by atoms with Crippen LogP contribution in [0.5, 0.6) is 0 Å². The molecule has 3 atom stereocenters. The Labute approximate surface area is 379 Å². The highest BCUT2D eigenvalue weighted by molar-refractivity contribution is 7.98. The molecule has 24 heteroatoms. The van der Waals surface area contributed by atoms with E-state index in [9.17, 15) is 68.4 Å². The normalized spacial score (nSPS) is 17.4. The minimum absolute atomic E-state index is 0.00714. The predicted molar refractivity (Wildman–Crippen MR) is 233 cm³/mol. The summed E-state index contributed by atoms with van der Waals surface area (Å²) in [7, 11) is 0. The van der Waals surface area contributed by atoms with Gasteiger partial charge in [-0.3, -0.25) is 72.6 Å². The van der Waals surface area contributed by atoms with Gasteiger partial charge in [-0.15, -0.1) is 0 Å². The van der Waals surface area contributed by atoms with Crippen LogP contribution in [0.15, 0.2) is 36.4 Å². The Morgan fingerprint density at radius 3 is 1.75 bits per heavy atom. The number of amides is 6. The summed E-state index contributed by atoms with van der Waals surface area (Å²) in [5.74, 6) is -9.10. The number of aliphatic carboxylic acids is 4. The lowest BCUT2D eigenvalue weighted by Crippen LogP contribution is -2.57. The molecular formula is C41H59N9O14S. The number of carboxylic acids is 4. The van der Waals surface area contributed by atoms with E-state index in [0.29, 0.717) is 16.2 Å². The topological polar surface area (TPSA) is 335 Å². The van der Waals surface area contributed by atoms with E-state index in [1.807, 2.05) is 0 Å². The third-order valence-electron chi connectivity index (χ3n) is 10.8. The maximum atomic E-state index is 14.1. The predicted octanol–water partition coefficient (Wildman–Crippen LogP) is -2.73. The number of rotatable bonds is 24. The van der Waals surface area contributed by atoms with Gasteiger partial charge >= 0.3 is 23.9 Å². The molecule has 358 valence electrons. The van der Waals surface area contributed by atoms with Crippen LogP contribution < -0.4 is 16.8 Å². The molecule has 0 aliphatic carbocycles. The van der Waals surface area contributed by atoms with Gasteiger partial charge in [0.1, 0.15) is 12.1 Å². The van der Waals surface area contributed by atoms with Crippen LogP contribution in [0.4, 0.5) is 0 Å². The number of hydrogen-bond donors (Lipinski definition) is 7. The van der Waals surface area contributed by atoms with Crippen molar-refractivity contribution in [2.75, 3.05) is 97.1 Å². The maximum absolute atomic E-state index is 14.1. The van der Waals surface area contributed by atoms with Gasteiger partial charge in [0.15, 0.2) is 0 Å². The molecule has 65 heavy (non-hydrogen) atoms. The number of imide groups is 2. The Balaban J connectivity index is 1.85. The van der Waals surface area contributed by atoms with Crippen molar-refractivity contribution in [3.8, 4) is 0 Å². The van der Waals surface area contributed by atoms with E-state index in [-0.39, 0.29) is 116 Å². The van der Waals surface area contributed by atoms with Crippen molar-refractivity contribution < 1.29 is 68.4 Å². The van der Waals surface area contributed by atoms with Crippen molar-refractivity contribution in [2.45, 2.75) is 50.2 Å². The van der Waals surface area contributed by atoms with Crippen LogP contribution in [-0.4, -0.2) is 224 Å². The molecule has 2 aliphatic rings.